The van der Waals surface area contributed by atoms with Crippen LogP contribution in [0.3, 0.4) is 0 Å². The Kier molecular flexibility index (Phi) is 6.34. The number of hydrogen-bond acceptors (Lipinski definition) is 4. The summed E-state index contributed by atoms with van der Waals surface area (Å²) < 4.78 is 1.62. The number of rotatable bonds is 5. The van der Waals surface area contributed by atoms with E-state index in [1.165, 1.54) is 0 Å². The van der Waals surface area contributed by atoms with Gasteiger partial charge in [-0.1, -0.05) is 22.9 Å². The molecule has 2 heterocycles. The van der Waals surface area contributed by atoms with E-state index in [9.17, 15) is 9.59 Å². The highest BCUT2D eigenvalue weighted by molar-refractivity contribution is 6.30. The average molecular weight is 404 g/mol. The van der Waals surface area contributed by atoms with Gasteiger partial charge >= 0.3 is 0 Å². The lowest BCUT2D eigenvalue weighted by molar-refractivity contribution is -0.136. The van der Waals surface area contributed by atoms with Crippen molar-refractivity contribution in [2.45, 2.75) is 33.6 Å². The molecule has 1 aliphatic heterocycles. The SMILES string of the molecule is CCN(CC)C(=O)C1CCN(C(=O)c2nnn(-c3cccc(Cl)c3)c2C)CC1. The van der Waals surface area contributed by atoms with Crippen LogP contribution in [0.15, 0.2) is 24.3 Å². The van der Waals surface area contributed by atoms with Crippen LogP contribution in [-0.4, -0.2) is 62.8 Å². The highest BCUT2D eigenvalue weighted by Crippen LogP contribution is 2.22. The van der Waals surface area contributed by atoms with Crippen molar-refractivity contribution in [2.24, 2.45) is 5.92 Å². The molecule has 28 heavy (non-hydrogen) atoms. The first kappa shape index (κ1) is 20.3. The Morgan fingerprint density at radius 2 is 1.89 bits per heavy atom. The molecule has 0 aliphatic carbocycles. The summed E-state index contributed by atoms with van der Waals surface area (Å²) in [7, 11) is 0. The van der Waals surface area contributed by atoms with Crippen molar-refractivity contribution in [1.82, 2.24) is 24.8 Å². The van der Waals surface area contributed by atoms with Gasteiger partial charge in [-0.05, 0) is 51.8 Å². The van der Waals surface area contributed by atoms with E-state index in [4.69, 9.17) is 11.6 Å². The van der Waals surface area contributed by atoms with Gasteiger partial charge in [-0.25, -0.2) is 4.68 Å². The molecular weight excluding hydrogens is 378 g/mol. The number of piperidine rings is 1. The van der Waals surface area contributed by atoms with Crippen molar-refractivity contribution in [1.29, 1.82) is 0 Å². The first-order valence-electron chi connectivity index (χ1n) is 9.72. The second-order valence-corrected chi connectivity index (χ2v) is 7.43. The Morgan fingerprint density at radius 1 is 1.21 bits per heavy atom. The zero-order chi connectivity index (χ0) is 20.3. The molecule has 0 saturated carbocycles. The highest BCUT2D eigenvalue weighted by Gasteiger charge is 2.31. The molecule has 3 rings (SSSR count). The van der Waals surface area contributed by atoms with Crippen LogP contribution in [0.5, 0.6) is 0 Å². The van der Waals surface area contributed by atoms with Crippen LogP contribution in [0.4, 0.5) is 0 Å². The summed E-state index contributed by atoms with van der Waals surface area (Å²) in [4.78, 5) is 29.1. The second-order valence-electron chi connectivity index (χ2n) is 6.99. The van der Waals surface area contributed by atoms with Crippen molar-refractivity contribution in [3.63, 3.8) is 0 Å². The summed E-state index contributed by atoms with van der Waals surface area (Å²) in [5.74, 6) is 0.0480. The number of carbonyl (C=O) groups excluding carboxylic acids is 2. The fraction of sp³-hybridized carbons (Fsp3) is 0.500. The molecule has 0 radical (unpaired) electrons. The van der Waals surface area contributed by atoms with E-state index in [-0.39, 0.29) is 17.7 Å². The number of amides is 2. The largest absolute Gasteiger partial charge is 0.343 e. The van der Waals surface area contributed by atoms with E-state index >= 15 is 0 Å². The third kappa shape index (κ3) is 4.04. The molecule has 0 unspecified atom stereocenters. The predicted octanol–water partition coefficient (Wildman–Crippen LogP) is 2.95. The topological polar surface area (TPSA) is 71.3 Å². The minimum absolute atomic E-state index is 0.00723. The molecule has 0 spiro atoms. The predicted molar refractivity (Wildman–Crippen MR) is 108 cm³/mol. The average Bonchev–Trinajstić information content (AvgIpc) is 3.09. The van der Waals surface area contributed by atoms with Gasteiger partial charge in [0.15, 0.2) is 5.69 Å². The van der Waals surface area contributed by atoms with Crippen LogP contribution in [0.1, 0.15) is 42.9 Å². The van der Waals surface area contributed by atoms with Crippen molar-refractivity contribution in [3.8, 4) is 5.69 Å². The van der Waals surface area contributed by atoms with Gasteiger partial charge in [-0.3, -0.25) is 9.59 Å². The van der Waals surface area contributed by atoms with Gasteiger partial charge in [-0.15, -0.1) is 5.10 Å². The summed E-state index contributed by atoms with van der Waals surface area (Å²) in [5, 5.41) is 8.84. The van der Waals surface area contributed by atoms with Crippen molar-refractivity contribution in [3.05, 3.63) is 40.7 Å². The number of likely N-dealkylation sites (tertiary alicyclic amines) is 1. The van der Waals surface area contributed by atoms with E-state index in [1.807, 2.05) is 37.8 Å². The van der Waals surface area contributed by atoms with Gasteiger partial charge in [0.05, 0.1) is 11.4 Å². The molecule has 0 N–H and O–H groups in total. The van der Waals surface area contributed by atoms with Crippen molar-refractivity contribution < 1.29 is 9.59 Å². The second kappa shape index (κ2) is 8.73. The maximum Gasteiger partial charge on any atom is 0.276 e. The molecule has 150 valence electrons. The summed E-state index contributed by atoms with van der Waals surface area (Å²) in [6, 6.07) is 7.26. The number of hydrogen-bond donors (Lipinski definition) is 0. The molecule has 1 saturated heterocycles. The highest BCUT2D eigenvalue weighted by atomic mass is 35.5. The first-order chi connectivity index (χ1) is 13.5. The van der Waals surface area contributed by atoms with Gasteiger partial charge in [-0.2, -0.15) is 0 Å². The van der Waals surface area contributed by atoms with E-state index in [0.717, 1.165) is 18.8 Å². The van der Waals surface area contributed by atoms with Gasteiger partial charge in [0.25, 0.3) is 5.91 Å². The van der Waals surface area contributed by atoms with E-state index in [2.05, 4.69) is 10.3 Å². The number of benzene rings is 1. The Balaban J connectivity index is 1.69. The number of aromatic nitrogens is 3. The molecule has 8 heteroatoms. The molecule has 0 bridgehead atoms. The normalized spacial score (nSPS) is 14.9. The lowest BCUT2D eigenvalue weighted by atomic mass is 9.95. The molecule has 1 fully saturated rings. The zero-order valence-electron chi connectivity index (χ0n) is 16.6. The lowest BCUT2D eigenvalue weighted by Gasteiger charge is -2.33. The van der Waals surface area contributed by atoms with Crippen molar-refractivity contribution >= 4 is 23.4 Å². The fourth-order valence-corrected chi connectivity index (χ4v) is 3.84. The van der Waals surface area contributed by atoms with E-state index in [0.29, 0.717) is 42.3 Å². The van der Waals surface area contributed by atoms with Crippen LogP contribution >= 0.6 is 11.6 Å². The van der Waals surface area contributed by atoms with Gasteiger partial charge in [0.2, 0.25) is 5.91 Å². The molecule has 0 atom stereocenters. The quantitative estimate of drug-likeness (QED) is 0.769. The Bertz CT molecular complexity index is 854. The van der Waals surface area contributed by atoms with Crippen LogP contribution in [0.2, 0.25) is 5.02 Å². The van der Waals surface area contributed by atoms with Crippen molar-refractivity contribution in [2.75, 3.05) is 26.2 Å². The Labute approximate surface area is 170 Å². The number of carbonyl (C=O) groups is 2. The molecule has 7 nitrogen and oxygen atoms in total. The maximum atomic E-state index is 12.9. The van der Waals surface area contributed by atoms with Crippen LogP contribution in [0.25, 0.3) is 5.69 Å². The maximum absolute atomic E-state index is 12.9. The molecular formula is C20H26ClN5O2. The lowest BCUT2D eigenvalue weighted by Crippen LogP contribution is -2.44. The third-order valence-corrected chi connectivity index (χ3v) is 5.59. The smallest absolute Gasteiger partial charge is 0.276 e. The molecule has 1 aliphatic rings. The van der Waals surface area contributed by atoms with Gasteiger partial charge in [0, 0.05) is 37.1 Å². The van der Waals surface area contributed by atoms with Crippen LogP contribution < -0.4 is 0 Å². The summed E-state index contributed by atoms with van der Waals surface area (Å²) in [6.07, 6.45) is 1.37. The first-order valence-corrected chi connectivity index (χ1v) is 10.1. The number of nitrogens with zero attached hydrogens (tertiary/aromatic N) is 5. The van der Waals surface area contributed by atoms with Crippen LogP contribution in [0, 0.1) is 12.8 Å². The summed E-state index contributed by atoms with van der Waals surface area (Å²) >= 11 is 6.05. The summed E-state index contributed by atoms with van der Waals surface area (Å²) in [5.41, 5.74) is 1.78. The minimum atomic E-state index is -0.139. The molecule has 2 aromatic rings. The zero-order valence-corrected chi connectivity index (χ0v) is 17.3. The third-order valence-electron chi connectivity index (χ3n) is 5.36. The summed E-state index contributed by atoms with van der Waals surface area (Å²) in [6.45, 7) is 8.36. The Hall–Kier alpha value is -2.41. The minimum Gasteiger partial charge on any atom is -0.343 e. The van der Waals surface area contributed by atoms with E-state index < -0.39 is 0 Å². The fourth-order valence-electron chi connectivity index (χ4n) is 3.65. The van der Waals surface area contributed by atoms with Gasteiger partial charge < -0.3 is 9.80 Å². The van der Waals surface area contributed by atoms with E-state index in [1.54, 1.807) is 21.7 Å². The van der Waals surface area contributed by atoms with Crippen LogP contribution in [-0.2, 0) is 4.79 Å². The Morgan fingerprint density at radius 3 is 2.50 bits per heavy atom. The molecule has 1 aromatic carbocycles. The molecule has 2 amide bonds. The van der Waals surface area contributed by atoms with Gasteiger partial charge in [0.1, 0.15) is 0 Å². The monoisotopic (exact) mass is 403 g/mol. The number of halogens is 1. The standard InChI is InChI=1S/C20H26ClN5O2/c1-4-24(5-2)19(27)15-9-11-25(12-10-15)20(28)18-14(3)26(23-22-18)17-8-6-7-16(21)13-17/h6-8,13,15H,4-5,9-12H2,1-3H3. The molecule has 1 aromatic heterocycles.